The smallest absolute Gasteiger partial charge is 0.264 e. The number of hydrogen-bond donors (Lipinski definition) is 2. The lowest BCUT2D eigenvalue weighted by Gasteiger charge is -2.28. The maximum absolute atomic E-state index is 10.8. The minimum absolute atomic E-state index is 0.0551. The fraction of sp³-hybridized carbons (Fsp3) is 0.900. The number of aldehydes is 1. The van der Waals surface area contributed by atoms with Crippen LogP contribution < -0.4 is 5.32 Å². The van der Waals surface area contributed by atoms with E-state index >= 15 is 0 Å². The molecule has 1 rings (SSSR count). The third kappa shape index (κ3) is 5.05. The van der Waals surface area contributed by atoms with E-state index in [1.54, 1.807) is 0 Å². The summed E-state index contributed by atoms with van der Waals surface area (Å²) in [5, 5.41) is 3.19. The lowest BCUT2D eigenvalue weighted by Crippen LogP contribution is -2.40. The SMILES string of the molecule is O=C[C@H]1CCCCC1NCCCS(=O)(=O)O. The second-order valence-corrected chi connectivity index (χ2v) is 5.86. The molecule has 1 saturated carbocycles. The van der Waals surface area contributed by atoms with Crippen LogP contribution in [0.3, 0.4) is 0 Å². The second-order valence-electron chi connectivity index (χ2n) is 4.28. The lowest BCUT2D eigenvalue weighted by molar-refractivity contribution is -0.112. The normalized spacial score (nSPS) is 26.6. The van der Waals surface area contributed by atoms with Crippen LogP contribution in [-0.2, 0) is 14.9 Å². The van der Waals surface area contributed by atoms with Gasteiger partial charge in [-0.1, -0.05) is 12.8 Å². The number of nitrogens with one attached hydrogen (secondary N) is 1. The molecule has 0 heterocycles. The summed E-state index contributed by atoms with van der Waals surface area (Å²) in [7, 11) is -3.86. The zero-order valence-corrected chi connectivity index (χ0v) is 10.1. The van der Waals surface area contributed by atoms with Crippen molar-refractivity contribution < 1.29 is 17.8 Å². The molecule has 1 unspecified atom stereocenters. The highest BCUT2D eigenvalue weighted by atomic mass is 32.2. The molecule has 0 aliphatic heterocycles. The third-order valence-electron chi connectivity index (χ3n) is 2.98. The van der Waals surface area contributed by atoms with Crippen LogP contribution in [0.15, 0.2) is 0 Å². The van der Waals surface area contributed by atoms with Gasteiger partial charge in [-0.2, -0.15) is 8.42 Å². The number of carbonyl (C=O) groups excluding carboxylic acids is 1. The van der Waals surface area contributed by atoms with Gasteiger partial charge in [-0.3, -0.25) is 4.55 Å². The highest BCUT2D eigenvalue weighted by Crippen LogP contribution is 2.22. The Hall–Kier alpha value is -0.460. The van der Waals surface area contributed by atoms with Gasteiger partial charge in [0.1, 0.15) is 6.29 Å². The fourth-order valence-electron chi connectivity index (χ4n) is 2.12. The van der Waals surface area contributed by atoms with Crippen molar-refractivity contribution in [1.82, 2.24) is 5.32 Å². The van der Waals surface area contributed by atoms with Gasteiger partial charge in [0.15, 0.2) is 0 Å². The van der Waals surface area contributed by atoms with Gasteiger partial charge in [0.25, 0.3) is 10.1 Å². The molecule has 0 amide bonds. The molecule has 0 saturated heterocycles. The van der Waals surface area contributed by atoms with E-state index in [0.29, 0.717) is 13.0 Å². The minimum Gasteiger partial charge on any atom is -0.313 e. The van der Waals surface area contributed by atoms with Crippen molar-refractivity contribution in [2.24, 2.45) is 5.92 Å². The van der Waals surface area contributed by atoms with Gasteiger partial charge in [0, 0.05) is 12.0 Å². The summed E-state index contributed by atoms with van der Waals surface area (Å²) in [6.45, 7) is 0.523. The van der Waals surface area contributed by atoms with Crippen molar-refractivity contribution in [3.63, 3.8) is 0 Å². The average molecular weight is 249 g/mol. The molecule has 1 aliphatic rings. The molecule has 6 heteroatoms. The first kappa shape index (κ1) is 13.6. The van der Waals surface area contributed by atoms with Crippen LogP contribution in [0.25, 0.3) is 0 Å². The zero-order valence-electron chi connectivity index (χ0n) is 9.26. The first-order valence-electron chi connectivity index (χ1n) is 5.67. The van der Waals surface area contributed by atoms with Gasteiger partial charge in [-0.05, 0) is 25.8 Å². The maximum Gasteiger partial charge on any atom is 0.264 e. The van der Waals surface area contributed by atoms with Gasteiger partial charge in [-0.15, -0.1) is 0 Å². The summed E-state index contributed by atoms with van der Waals surface area (Å²) >= 11 is 0. The van der Waals surface area contributed by atoms with Crippen LogP contribution in [0.4, 0.5) is 0 Å². The fourth-order valence-corrected chi connectivity index (χ4v) is 2.63. The van der Waals surface area contributed by atoms with E-state index in [9.17, 15) is 13.2 Å². The Balaban J connectivity index is 2.23. The zero-order chi connectivity index (χ0) is 12.0. The first-order valence-corrected chi connectivity index (χ1v) is 7.27. The van der Waals surface area contributed by atoms with Crippen molar-refractivity contribution in [2.75, 3.05) is 12.3 Å². The molecule has 0 aromatic rings. The van der Waals surface area contributed by atoms with Crippen LogP contribution in [0.1, 0.15) is 32.1 Å². The molecular weight excluding hydrogens is 230 g/mol. The van der Waals surface area contributed by atoms with Crippen LogP contribution in [0, 0.1) is 5.92 Å². The summed E-state index contributed by atoms with van der Waals surface area (Å²) in [6, 6.07) is 0.174. The van der Waals surface area contributed by atoms with Crippen LogP contribution in [-0.4, -0.2) is 37.6 Å². The highest BCUT2D eigenvalue weighted by Gasteiger charge is 2.23. The van der Waals surface area contributed by atoms with Crippen molar-refractivity contribution in [3.05, 3.63) is 0 Å². The largest absolute Gasteiger partial charge is 0.313 e. The first-order chi connectivity index (χ1) is 7.53. The van der Waals surface area contributed by atoms with E-state index < -0.39 is 10.1 Å². The molecule has 0 bridgehead atoms. The van der Waals surface area contributed by atoms with Crippen molar-refractivity contribution >= 4 is 16.4 Å². The van der Waals surface area contributed by atoms with Crippen molar-refractivity contribution in [3.8, 4) is 0 Å². The molecule has 1 aliphatic carbocycles. The molecule has 1 fully saturated rings. The van der Waals surface area contributed by atoms with Gasteiger partial charge in [-0.25, -0.2) is 0 Å². The number of hydrogen-bond acceptors (Lipinski definition) is 4. The summed E-state index contributed by atoms with van der Waals surface area (Å²) in [6.07, 6.45) is 5.45. The van der Waals surface area contributed by atoms with Crippen LogP contribution in [0.5, 0.6) is 0 Å². The summed E-state index contributed by atoms with van der Waals surface area (Å²) in [5.74, 6) is -0.169. The molecule has 0 aromatic carbocycles. The van der Waals surface area contributed by atoms with Crippen molar-refractivity contribution in [1.29, 1.82) is 0 Å². The van der Waals surface area contributed by atoms with E-state index in [0.717, 1.165) is 32.0 Å². The third-order valence-corrected chi connectivity index (χ3v) is 3.78. The predicted molar refractivity (Wildman–Crippen MR) is 60.8 cm³/mol. The summed E-state index contributed by atoms with van der Waals surface area (Å²) in [5.41, 5.74) is 0. The monoisotopic (exact) mass is 249 g/mol. The minimum atomic E-state index is -3.86. The second kappa shape index (κ2) is 6.32. The Bertz CT molecular complexity index is 315. The Morgan fingerprint density at radius 3 is 2.62 bits per heavy atom. The van der Waals surface area contributed by atoms with E-state index in [4.69, 9.17) is 4.55 Å². The quantitative estimate of drug-likeness (QED) is 0.409. The predicted octanol–water partition coefficient (Wildman–Crippen LogP) is 0.612. The molecular formula is C10H19NO4S. The molecule has 0 spiro atoms. The summed E-state index contributed by atoms with van der Waals surface area (Å²) < 4.78 is 29.5. The van der Waals surface area contributed by atoms with Gasteiger partial charge in [0.2, 0.25) is 0 Å². The van der Waals surface area contributed by atoms with E-state index in [1.165, 1.54) is 0 Å². The van der Waals surface area contributed by atoms with E-state index in [2.05, 4.69) is 5.32 Å². The molecule has 94 valence electrons. The van der Waals surface area contributed by atoms with Crippen LogP contribution in [0.2, 0.25) is 0 Å². The molecule has 2 N–H and O–H groups in total. The molecule has 2 atom stereocenters. The Kier molecular flexibility index (Phi) is 5.37. The summed E-state index contributed by atoms with van der Waals surface area (Å²) in [4.78, 5) is 10.8. The van der Waals surface area contributed by atoms with Crippen LogP contribution >= 0.6 is 0 Å². The Morgan fingerprint density at radius 2 is 2.00 bits per heavy atom. The van der Waals surface area contributed by atoms with Crippen molar-refractivity contribution in [2.45, 2.75) is 38.1 Å². The van der Waals surface area contributed by atoms with E-state index in [1.807, 2.05) is 0 Å². The highest BCUT2D eigenvalue weighted by molar-refractivity contribution is 7.85. The van der Waals surface area contributed by atoms with E-state index in [-0.39, 0.29) is 17.7 Å². The van der Waals surface area contributed by atoms with Gasteiger partial charge >= 0.3 is 0 Å². The average Bonchev–Trinajstić information content (AvgIpc) is 2.23. The molecule has 0 aromatic heterocycles. The Morgan fingerprint density at radius 1 is 1.31 bits per heavy atom. The standard InChI is InChI=1S/C10H19NO4S/c12-8-9-4-1-2-5-10(9)11-6-3-7-16(13,14)15/h8-11H,1-7H2,(H,13,14,15)/t9-,10?/m1/s1. The topological polar surface area (TPSA) is 83.5 Å². The molecule has 5 nitrogen and oxygen atoms in total. The number of rotatable bonds is 6. The van der Waals surface area contributed by atoms with Gasteiger partial charge < -0.3 is 10.1 Å². The molecule has 0 radical (unpaired) electrons. The number of carbonyl (C=O) groups is 1. The molecule has 16 heavy (non-hydrogen) atoms. The van der Waals surface area contributed by atoms with Gasteiger partial charge in [0.05, 0.1) is 5.75 Å². The Labute approximate surface area is 96.4 Å². The maximum atomic E-state index is 10.8. The lowest BCUT2D eigenvalue weighted by atomic mass is 9.85.